The maximum absolute atomic E-state index is 11.8. The lowest BCUT2D eigenvalue weighted by Crippen LogP contribution is -2.29. The Hall–Kier alpha value is -1.64. The van der Waals surface area contributed by atoms with Crippen LogP contribution in [-0.2, 0) is 4.79 Å². The second-order valence-electron chi connectivity index (χ2n) is 4.16. The predicted octanol–water partition coefficient (Wildman–Crippen LogP) is 1.93. The fraction of sp³-hybridized carbons (Fsp3) is 0.385. The van der Waals surface area contributed by atoms with Gasteiger partial charge in [-0.3, -0.25) is 9.59 Å². The molecule has 0 saturated carbocycles. The molecule has 3 heteroatoms. The monoisotopic (exact) mass is 219 g/mol. The molecule has 1 amide bonds. The van der Waals surface area contributed by atoms with Crippen LogP contribution in [0.1, 0.15) is 34.0 Å². The summed E-state index contributed by atoms with van der Waals surface area (Å²) in [6.07, 6.45) is 0. The van der Waals surface area contributed by atoms with Crippen LogP contribution in [0, 0.1) is 20.8 Å². The van der Waals surface area contributed by atoms with E-state index in [4.69, 9.17) is 0 Å². The first-order chi connectivity index (χ1) is 7.41. The molecule has 0 aliphatic rings. The first kappa shape index (κ1) is 12.4. The van der Waals surface area contributed by atoms with Crippen LogP contribution in [0.5, 0.6) is 0 Å². The molecule has 0 aliphatic heterocycles. The molecule has 0 bridgehead atoms. The van der Waals surface area contributed by atoms with Crippen LogP contribution in [0.3, 0.4) is 0 Å². The van der Waals surface area contributed by atoms with E-state index in [2.05, 4.69) is 5.32 Å². The Morgan fingerprint density at radius 1 is 1.12 bits per heavy atom. The lowest BCUT2D eigenvalue weighted by molar-refractivity contribution is -0.116. The van der Waals surface area contributed by atoms with Crippen LogP contribution in [0.15, 0.2) is 12.1 Å². The van der Waals surface area contributed by atoms with Gasteiger partial charge in [0.25, 0.3) is 5.91 Å². The Morgan fingerprint density at radius 3 is 2.06 bits per heavy atom. The third-order valence-corrected chi connectivity index (χ3v) is 2.40. The molecule has 0 heterocycles. The molecule has 0 radical (unpaired) electrons. The quantitative estimate of drug-likeness (QED) is 0.844. The lowest BCUT2D eigenvalue weighted by atomic mass is 9.99. The van der Waals surface area contributed by atoms with Gasteiger partial charge in [0, 0.05) is 5.56 Å². The van der Waals surface area contributed by atoms with E-state index >= 15 is 0 Å². The number of carbonyl (C=O) groups is 2. The number of ketones is 1. The molecule has 0 saturated heterocycles. The number of aryl methyl sites for hydroxylation is 3. The van der Waals surface area contributed by atoms with Crippen molar-refractivity contribution >= 4 is 11.7 Å². The van der Waals surface area contributed by atoms with Crippen LogP contribution in [0.25, 0.3) is 0 Å². The Balaban J connectivity index is 2.95. The van der Waals surface area contributed by atoms with E-state index in [0.717, 1.165) is 16.7 Å². The van der Waals surface area contributed by atoms with Gasteiger partial charge in [0.1, 0.15) is 5.78 Å². The molecule has 0 spiro atoms. The predicted molar refractivity (Wildman–Crippen MR) is 63.7 cm³/mol. The van der Waals surface area contributed by atoms with Crippen LogP contribution in [0.4, 0.5) is 0 Å². The van der Waals surface area contributed by atoms with Crippen molar-refractivity contribution in [3.05, 3.63) is 34.4 Å². The molecule has 0 fully saturated rings. The van der Waals surface area contributed by atoms with Crippen molar-refractivity contribution in [3.63, 3.8) is 0 Å². The number of nitrogens with one attached hydrogen (secondary N) is 1. The van der Waals surface area contributed by atoms with Crippen molar-refractivity contribution in [2.24, 2.45) is 0 Å². The molecule has 1 N–H and O–H groups in total. The molecule has 1 aromatic carbocycles. The Labute approximate surface area is 95.9 Å². The molecule has 0 atom stereocenters. The van der Waals surface area contributed by atoms with Gasteiger partial charge in [0.2, 0.25) is 0 Å². The van der Waals surface area contributed by atoms with E-state index < -0.39 is 0 Å². The SMILES string of the molecule is CC(=O)CNC(=O)c1c(C)cc(C)cc1C. The minimum Gasteiger partial charge on any atom is -0.345 e. The Morgan fingerprint density at radius 2 is 1.62 bits per heavy atom. The third kappa shape index (κ3) is 2.92. The zero-order valence-corrected chi connectivity index (χ0v) is 10.2. The number of benzene rings is 1. The molecule has 0 unspecified atom stereocenters. The fourth-order valence-corrected chi connectivity index (χ4v) is 1.83. The second kappa shape index (κ2) is 4.92. The van der Waals surface area contributed by atoms with Crippen molar-refractivity contribution in [3.8, 4) is 0 Å². The first-order valence-electron chi connectivity index (χ1n) is 5.27. The normalized spacial score (nSPS) is 10.0. The average Bonchev–Trinajstić information content (AvgIpc) is 2.12. The van der Waals surface area contributed by atoms with Crippen molar-refractivity contribution in [1.82, 2.24) is 5.32 Å². The van der Waals surface area contributed by atoms with Crippen LogP contribution in [-0.4, -0.2) is 18.2 Å². The van der Waals surface area contributed by atoms with Crippen molar-refractivity contribution in [2.45, 2.75) is 27.7 Å². The highest BCUT2D eigenvalue weighted by molar-refractivity contribution is 5.98. The Kier molecular flexibility index (Phi) is 3.82. The number of carbonyl (C=O) groups excluding carboxylic acids is 2. The molecule has 3 nitrogen and oxygen atoms in total. The summed E-state index contributed by atoms with van der Waals surface area (Å²) in [5, 5.41) is 2.61. The molecule has 1 rings (SSSR count). The molecule has 16 heavy (non-hydrogen) atoms. The lowest BCUT2D eigenvalue weighted by Gasteiger charge is -2.10. The number of amides is 1. The molecular formula is C13H17NO2. The van der Waals surface area contributed by atoms with E-state index in [1.165, 1.54) is 6.92 Å². The van der Waals surface area contributed by atoms with Gasteiger partial charge < -0.3 is 5.32 Å². The van der Waals surface area contributed by atoms with Gasteiger partial charge in [-0.25, -0.2) is 0 Å². The summed E-state index contributed by atoms with van der Waals surface area (Å²) in [7, 11) is 0. The maximum atomic E-state index is 11.8. The largest absolute Gasteiger partial charge is 0.345 e. The van der Waals surface area contributed by atoms with E-state index in [9.17, 15) is 9.59 Å². The Bertz CT molecular complexity index is 413. The van der Waals surface area contributed by atoms with E-state index in [1.807, 2.05) is 32.9 Å². The number of Topliss-reactive ketones (excluding diaryl/α,β-unsaturated/α-hetero) is 1. The summed E-state index contributed by atoms with van der Waals surface area (Å²) in [6, 6.07) is 3.94. The van der Waals surface area contributed by atoms with Crippen LogP contribution in [0.2, 0.25) is 0 Å². The number of hydrogen-bond acceptors (Lipinski definition) is 2. The summed E-state index contributed by atoms with van der Waals surface area (Å²) in [5.41, 5.74) is 3.70. The van der Waals surface area contributed by atoms with Gasteiger partial charge in [-0.15, -0.1) is 0 Å². The minimum absolute atomic E-state index is 0.0456. The standard InChI is InChI=1S/C13H17NO2/c1-8-5-9(2)12(10(3)6-8)13(16)14-7-11(4)15/h5-6H,7H2,1-4H3,(H,14,16). The van der Waals surface area contributed by atoms with Gasteiger partial charge in [0.05, 0.1) is 6.54 Å². The minimum atomic E-state index is -0.176. The summed E-state index contributed by atoms with van der Waals surface area (Å²) in [6.45, 7) is 7.35. The molecule has 1 aromatic rings. The van der Waals surface area contributed by atoms with Crippen LogP contribution >= 0.6 is 0 Å². The first-order valence-corrected chi connectivity index (χ1v) is 5.27. The highest BCUT2D eigenvalue weighted by atomic mass is 16.2. The van der Waals surface area contributed by atoms with Gasteiger partial charge in [-0.05, 0) is 38.8 Å². The average molecular weight is 219 g/mol. The smallest absolute Gasteiger partial charge is 0.252 e. The molecule has 86 valence electrons. The molecule has 0 aromatic heterocycles. The van der Waals surface area contributed by atoms with Crippen molar-refractivity contribution in [2.75, 3.05) is 6.54 Å². The zero-order chi connectivity index (χ0) is 12.3. The molecular weight excluding hydrogens is 202 g/mol. The third-order valence-electron chi connectivity index (χ3n) is 2.40. The summed E-state index contributed by atoms with van der Waals surface area (Å²) in [4.78, 5) is 22.6. The summed E-state index contributed by atoms with van der Waals surface area (Å²) < 4.78 is 0. The summed E-state index contributed by atoms with van der Waals surface area (Å²) in [5.74, 6) is -0.221. The summed E-state index contributed by atoms with van der Waals surface area (Å²) >= 11 is 0. The van der Waals surface area contributed by atoms with Gasteiger partial charge >= 0.3 is 0 Å². The number of rotatable bonds is 3. The molecule has 0 aliphatic carbocycles. The second-order valence-corrected chi connectivity index (χ2v) is 4.16. The van der Waals surface area contributed by atoms with Crippen molar-refractivity contribution < 1.29 is 9.59 Å². The van der Waals surface area contributed by atoms with E-state index in [1.54, 1.807) is 0 Å². The van der Waals surface area contributed by atoms with E-state index in [-0.39, 0.29) is 18.2 Å². The van der Waals surface area contributed by atoms with Crippen molar-refractivity contribution in [1.29, 1.82) is 0 Å². The van der Waals surface area contributed by atoms with Crippen LogP contribution < -0.4 is 5.32 Å². The topological polar surface area (TPSA) is 46.2 Å². The van der Waals surface area contributed by atoms with Gasteiger partial charge in [-0.2, -0.15) is 0 Å². The fourth-order valence-electron chi connectivity index (χ4n) is 1.83. The van der Waals surface area contributed by atoms with Gasteiger partial charge in [0.15, 0.2) is 0 Å². The maximum Gasteiger partial charge on any atom is 0.252 e. The highest BCUT2D eigenvalue weighted by Gasteiger charge is 2.12. The number of hydrogen-bond donors (Lipinski definition) is 1. The van der Waals surface area contributed by atoms with Gasteiger partial charge in [-0.1, -0.05) is 17.7 Å². The van der Waals surface area contributed by atoms with E-state index in [0.29, 0.717) is 5.56 Å². The highest BCUT2D eigenvalue weighted by Crippen LogP contribution is 2.15. The zero-order valence-electron chi connectivity index (χ0n) is 10.2.